The van der Waals surface area contributed by atoms with E-state index in [1.807, 2.05) is 0 Å². The zero-order valence-corrected chi connectivity index (χ0v) is 16.6. The van der Waals surface area contributed by atoms with Gasteiger partial charge in [-0.3, -0.25) is 0 Å². The molecular weight excluding hydrogens is 314 g/mol. The van der Waals surface area contributed by atoms with Gasteiger partial charge in [0.25, 0.3) is 6.08 Å². The topological polar surface area (TPSA) is 0 Å². The maximum atomic E-state index is 12.2. The molecule has 25 heavy (non-hydrogen) atoms. The van der Waals surface area contributed by atoms with E-state index in [1.54, 1.807) is 0 Å². The Balaban J connectivity index is 2.15. The molecule has 0 nitrogen and oxygen atoms in total. The van der Waals surface area contributed by atoms with Crippen molar-refractivity contribution in [2.75, 3.05) is 0 Å². The van der Waals surface area contributed by atoms with E-state index in [2.05, 4.69) is 47.6 Å². The van der Waals surface area contributed by atoms with Gasteiger partial charge in [-0.1, -0.05) is 6.08 Å². The van der Waals surface area contributed by atoms with Crippen molar-refractivity contribution in [3.05, 3.63) is 51.6 Å². The maximum Gasteiger partial charge on any atom is 0.266 e. The normalized spacial score (nSPS) is 21.4. The summed E-state index contributed by atoms with van der Waals surface area (Å²) in [5.41, 5.74) is 9.77. The first kappa shape index (κ1) is 19.9. The Morgan fingerprint density at radius 3 is 1.80 bits per heavy atom. The van der Waals surface area contributed by atoms with Gasteiger partial charge in [-0.15, -0.1) is 0 Å². The standard InChI is InChI=1S/C23H32F2/c1-14(23-18(5)16(3)15(2)17(4)19(23)6)13-21-9-7-20(8-10-21)11-12-22(24)25/h12-13,20-21H,7-11H2,1-6H3. The molecule has 0 bridgehead atoms. The summed E-state index contributed by atoms with van der Waals surface area (Å²) in [7, 11) is 0. The zero-order chi connectivity index (χ0) is 18.7. The highest BCUT2D eigenvalue weighted by atomic mass is 19.3. The Hall–Kier alpha value is -1.44. The fraction of sp³-hybridized carbons (Fsp3) is 0.565. The van der Waals surface area contributed by atoms with Gasteiger partial charge in [-0.2, -0.15) is 8.78 Å². The summed E-state index contributed by atoms with van der Waals surface area (Å²) in [6.45, 7) is 13.3. The van der Waals surface area contributed by atoms with E-state index in [0.29, 0.717) is 18.3 Å². The van der Waals surface area contributed by atoms with Crippen molar-refractivity contribution in [2.45, 2.75) is 73.6 Å². The molecule has 0 spiro atoms. The summed E-state index contributed by atoms with van der Waals surface area (Å²) in [6.07, 6.45) is 6.88. The van der Waals surface area contributed by atoms with Crippen molar-refractivity contribution >= 4 is 5.57 Å². The van der Waals surface area contributed by atoms with Crippen LogP contribution >= 0.6 is 0 Å². The molecule has 2 heteroatoms. The van der Waals surface area contributed by atoms with Crippen LogP contribution in [0.25, 0.3) is 5.57 Å². The van der Waals surface area contributed by atoms with Crippen LogP contribution in [-0.4, -0.2) is 0 Å². The van der Waals surface area contributed by atoms with Crippen LogP contribution in [0.4, 0.5) is 8.78 Å². The fourth-order valence-electron chi connectivity index (χ4n) is 4.37. The van der Waals surface area contributed by atoms with Gasteiger partial charge >= 0.3 is 0 Å². The molecule has 1 fully saturated rings. The van der Waals surface area contributed by atoms with E-state index in [0.717, 1.165) is 31.8 Å². The van der Waals surface area contributed by atoms with Gasteiger partial charge in [0.2, 0.25) is 0 Å². The first-order chi connectivity index (χ1) is 11.7. The molecule has 0 heterocycles. The highest BCUT2D eigenvalue weighted by molar-refractivity contribution is 5.72. The second-order valence-electron chi connectivity index (χ2n) is 7.86. The SMILES string of the molecule is CC(=CC1CCC(CC=C(F)F)CC1)c1c(C)c(C)c(C)c(C)c1C. The lowest BCUT2D eigenvalue weighted by molar-refractivity contribution is 0.308. The summed E-state index contributed by atoms with van der Waals surface area (Å²) in [5.74, 6) is 1.01. The highest BCUT2D eigenvalue weighted by Gasteiger charge is 2.20. The lowest BCUT2D eigenvalue weighted by atomic mass is 9.78. The van der Waals surface area contributed by atoms with E-state index in [9.17, 15) is 8.78 Å². The van der Waals surface area contributed by atoms with E-state index in [4.69, 9.17) is 0 Å². The van der Waals surface area contributed by atoms with Crippen LogP contribution in [0.2, 0.25) is 0 Å². The average molecular weight is 347 g/mol. The number of benzene rings is 1. The van der Waals surface area contributed by atoms with Crippen molar-refractivity contribution in [3.63, 3.8) is 0 Å². The minimum Gasteiger partial charge on any atom is -0.174 e. The van der Waals surface area contributed by atoms with Crippen molar-refractivity contribution in [3.8, 4) is 0 Å². The van der Waals surface area contributed by atoms with Gasteiger partial charge in [0.05, 0.1) is 0 Å². The van der Waals surface area contributed by atoms with Crippen molar-refractivity contribution in [1.29, 1.82) is 0 Å². The molecule has 0 amide bonds. The third-order valence-electron chi connectivity index (χ3n) is 6.38. The first-order valence-corrected chi connectivity index (χ1v) is 9.49. The Morgan fingerprint density at radius 1 is 0.840 bits per heavy atom. The largest absolute Gasteiger partial charge is 0.266 e. The zero-order valence-electron chi connectivity index (χ0n) is 16.6. The van der Waals surface area contributed by atoms with Crippen molar-refractivity contribution in [1.82, 2.24) is 0 Å². The van der Waals surface area contributed by atoms with Crippen LogP contribution in [0, 0.1) is 46.5 Å². The average Bonchev–Trinajstić information content (AvgIpc) is 2.57. The van der Waals surface area contributed by atoms with Gasteiger partial charge in [0.1, 0.15) is 0 Å². The molecular formula is C23H32F2. The predicted octanol–water partition coefficient (Wildman–Crippen LogP) is 7.61. The van der Waals surface area contributed by atoms with Gasteiger partial charge in [-0.25, -0.2) is 0 Å². The highest BCUT2D eigenvalue weighted by Crippen LogP contribution is 2.36. The van der Waals surface area contributed by atoms with Crippen molar-refractivity contribution in [2.24, 2.45) is 11.8 Å². The van der Waals surface area contributed by atoms with Crippen LogP contribution in [0.15, 0.2) is 18.2 Å². The van der Waals surface area contributed by atoms with Crippen LogP contribution in [0.1, 0.15) is 72.4 Å². The Morgan fingerprint density at radius 2 is 1.32 bits per heavy atom. The monoisotopic (exact) mass is 346 g/mol. The number of rotatable bonds is 4. The number of halogens is 2. The van der Waals surface area contributed by atoms with Gasteiger partial charge in [0, 0.05) is 0 Å². The molecule has 1 aliphatic rings. The molecule has 0 atom stereocenters. The van der Waals surface area contributed by atoms with Gasteiger partial charge in [-0.05, 0) is 131 Å². The van der Waals surface area contributed by atoms with E-state index in [1.165, 1.54) is 39.0 Å². The summed E-state index contributed by atoms with van der Waals surface area (Å²) in [4.78, 5) is 0. The fourth-order valence-corrected chi connectivity index (χ4v) is 4.37. The molecule has 1 aromatic rings. The second-order valence-corrected chi connectivity index (χ2v) is 7.86. The lowest BCUT2D eigenvalue weighted by Gasteiger charge is -2.27. The molecule has 138 valence electrons. The molecule has 0 radical (unpaired) electrons. The number of allylic oxidation sites excluding steroid dienone is 3. The lowest BCUT2D eigenvalue weighted by Crippen LogP contribution is -2.13. The minimum atomic E-state index is -1.53. The summed E-state index contributed by atoms with van der Waals surface area (Å²) >= 11 is 0. The summed E-state index contributed by atoms with van der Waals surface area (Å²) in [5, 5.41) is 0. The third-order valence-corrected chi connectivity index (χ3v) is 6.38. The van der Waals surface area contributed by atoms with Crippen LogP contribution in [0.3, 0.4) is 0 Å². The molecule has 0 N–H and O–H groups in total. The predicted molar refractivity (Wildman–Crippen MR) is 104 cm³/mol. The van der Waals surface area contributed by atoms with Crippen LogP contribution < -0.4 is 0 Å². The second kappa shape index (κ2) is 8.29. The number of hydrogen-bond acceptors (Lipinski definition) is 0. The molecule has 2 rings (SSSR count). The Kier molecular flexibility index (Phi) is 6.59. The van der Waals surface area contributed by atoms with E-state index < -0.39 is 6.08 Å². The molecule has 1 aliphatic carbocycles. The molecule has 0 aliphatic heterocycles. The number of hydrogen-bond donors (Lipinski definition) is 0. The van der Waals surface area contributed by atoms with Crippen molar-refractivity contribution < 1.29 is 8.78 Å². The van der Waals surface area contributed by atoms with Crippen LogP contribution in [0.5, 0.6) is 0 Å². The Bertz CT molecular complexity index is 654. The third kappa shape index (κ3) is 4.59. The van der Waals surface area contributed by atoms with Crippen LogP contribution in [-0.2, 0) is 0 Å². The van der Waals surface area contributed by atoms with E-state index in [-0.39, 0.29) is 0 Å². The minimum absolute atomic E-state index is 0.429. The molecule has 1 aromatic carbocycles. The summed E-state index contributed by atoms with van der Waals surface area (Å²) < 4.78 is 24.5. The molecule has 0 saturated heterocycles. The summed E-state index contributed by atoms with van der Waals surface area (Å²) in [6, 6.07) is 0. The Labute approximate surface area is 152 Å². The van der Waals surface area contributed by atoms with Gasteiger partial charge in [0.15, 0.2) is 0 Å². The van der Waals surface area contributed by atoms with Gasteiger partial charge < -0.3 is 0 Å². The molecule has 0 unspecified atom stereocenters. The smallest absolute Gasteiger partial charge is 0.174 e. The quantitative estimate of drug-likeness (QED) is 0.526. The first-order valence-electron chi connectivity index (χ1n) is 9.49. The molecule has 0 aromatic heterocycles. The maximum absolute atomic E-state index is 12.2. The van der Waals surface area contributed by atoms with E-state index >= 15 is 0 Å². The molecule has 1 saturated carbocycles.